The zero-order chi connectivity index (χ0) is 12.3. The molecular formula is C13H14N2OS. The van der Waals surface area contributed by atoms with E-state index in [1.165, 1.54) is 4.90 Å². The maximum absolute atomic E-state index is 5.08. The summed E-state index contributed by atoms with van der Waals surface area (Å²) in [6.07, 6.45) is 2.06. The van der Waals surface area contributed by atoms with Gasteiger partial charge in [-0.15, -0.1) is 11.8 Å². The standard InChI is InChI=1S/C13H14N2OS/c1-9-8-12(15-13(14-9)16-2)10-4-6-11(17-3)7-5-10/h4-8H,1-3H3. The van der Waals surface area contributed by atoms with Crippen LogP contribution < -0.4 is 4.74 Å². The molecule has 2 rings (SSSR count). The fourth-order valence-corrected chi connectivity index (χ4v) is 1.95. The van der Waals surface area contributed by atoms with Crippen molar-refractivity contribution in [2.75, 3.05) is 13.4 Å². The molecule has 3 nitrogen and oxygen atoms in total. The van der Waals surface area contributed by atoms with Gasteiger partial charge in [0.1, 0.15) is 0 Å². The van der Waals surface area contributed by atoms with Crippen molar-refractivity contribution in [1.29, 1.82) is 0 Å². The van der Waals surface area contributed by atoms with Crippen molar-refractivity contribution >= 4 is 11.8 Å². The van der Waals surface area contributed by atoms with Gasteiger partial charge in [0.25, 0.3) is 0 Å². The summed E-state index contributed by atoms with van der Waals surface area (Å²) in [6, 6.07) is 10.7. The van der Waals surface area contributed by atoms with Crippen LogP contribution >= 0.6 is 11.8 Å². The Morgan fingerprint density at radius 3 is 2.41 bits per heavy atom. The predicted molar refractivity (Wildman–Crippen MR) is 70.5 cm³/mol. The predicted octanol–water partition coefficient (Wildman–Crippen LogP) is 3.18. The van der Waals surface area contributed by atoms with Gasteiger partial charge in [-0.05, 0) is 31.4 Å². The second-order valence-corrected chi connectivity index (χ2v) is 4.49. The maximum Gasteiger partial charge on any atom is 0.316 e. The van der Waals surface area contributed by atoms with Crippen LogP contribution in [0.2, 0.25) is 0 Å². The first-order valence-electron chi connectivity index (χ1n) is 5.27. The summed E-state index contributed by atoms with van der Waals surface area (Å²) in [4.78, 5) is 9.75. The molecule has 1 aromatic carbocycles. The molecule has 0 radical (unpaired) electrons. The third-order valence-corrected chi connectivity index (χ3v) is 3.15. The van der Waals surface area contributed by atoms with E-state index < -0.39 is 0 Å². The smallest absolute Gasteiger partial charge is 0.316 e. The number of rotatable bonds is 3. The zero-order valence-electron chi connectivity index (χ0n) is 10.1. The first-order valence-corrected chi connectivity index (χ1v) is 6.49. The lowest BCUT2D eigenvalue weighted by atomic mass is 10.1. The lowest BCUT2D eigenvalue weighted by Gasteiger charge is -2.05. The van der Waals surface area contributed by atoms with E-state index in [1.807, 2.05) is 13.0 Å². The van der Waals surface area contributed by atoms with Crippen molar-refractivity contribution in [2.24, 2.45) is 0 Å². The fourth-order valence-electron chi connectivity index (χ4n) is 1.54. The fraction of sp³-hybridized carbons (Fsp3) is 0.231. The van der Waals surface area contributed by atoms with Gasteiger partial charge in [-0.1, -0.05) is 12.1 Å². The van der Waals surface area contributed by atoms with Crippen LogP contribution in [0.4, 0.5) is 0 Å². The molecule has 0 fully saturated rings. The number of hydrogen-bond donors (Lipinski definition) is 0. The molecule has 1 aromatic heterocycles. The van der Waals surface area contributed by atoms with Gasteiger partial charge < -0.3 is 4.74 Å². The zero-order valence-corrected chi connectivity index (χ0v) is 10.9. The molecule has 17 heavy (non-hydrogen) atoms. The number of aryl methyl sites for hydroxylation is 1. The molecule has 0 bridgehead atoms. The molecule has 0 spiro atoms. The minimum Gasteiger partial charge on any atom is -0.467 e. The van der Waals surface area contributed by atoms with E-state index in [4.69, 9.17) is 4.74 Å². The molecule has 2 aromatic rings. The van der Waals surface area contributed by atoms with E-state index in [0.717, 1.165) is 17.0 Å². The Kier molecular flexibility index (Phi) is 3.64. The van der Waals surface area contributed by atoms with Crippen LogP contribution in [0.25, 0.3) is 11.3 Å². The highest BCUT2D eigenvalue weighted by molar-refractivity contribution is 7.98. The first kappa shape index (κ1) is 11.9. The van der Waals surface area contributed by atoms with Crippen LogP contribution in [0.15, 0.2) is 35.2 Å². The summed E-state index contributed by atoms with van der Waals surface area (Å²) >= 11 is 1.73. The maximum atomic E-state index is 5.08. The van der Waals surface area contributed by atoms with Gasteiger partial charge in [-0.25, -0.2) is 4.98 Å². The molecule has 0 saturated heterocycles. The van der Waals surface area contributed by atoms with Gasteiger partial charge in [-0.3, -0.25) is 0 Å². The number of benzene rings is 1. The molecule has 0 aliphatic carbocycles. The summed E-state index contributed by atoms with van der Waals surface area (Å²) in [7, 11) is 1.58. The molecule has 0 N–H and O–H groups in total. The Bertz CT molecular complexity index is 511. The molecule has 0 aliphatic rings. The highest BCUT2D eigenvalue weighted by atomic mass is 32.2. The Morgan fingerprint density at radius 1 is 1.12 bits per heavy atom. The summed E-state index contributed by atoms with van der Waals surface area (Å²) in [5.74, 6) is 0. The van der Waals surface area contributed by atoms with E-state index in [2.05, 4.69) is 40.5 Å². The summed E-state index contributed by atoms with van der Waals surface area (Å²) in [6.45, 7) is 1.93. The van der Waals surface area contributed by atoms with Gasteiger partial charge in [0.05, 0.1) is 12.8 Å². The number of hydrogen-bond acceptors (Lipinski definition) is 4. The van der Waals surface area contributed by atoms with Crippen LogP contribution in [0, 0.1) is 6.92 Å². The normalized spacial score (nSPS) is 10.3. The summed E-state index contributed by atoms with van der Waals surface area (Å²) < 4.78 is 5.08. The van der Waals surface area contributed by atoms with Crippen LogP contribution in [0.1, 0.15) is 5.69 Å². The first-order chi connectivity index (χ1) is 8.22. The Morgan fingerprint density at radius 2 is 1.82 bits per heavy atom. The SMILES string of the molecule is COc1nc(C)cc(-c2ccc(SC)cc2)n1. The molecule has 0 amide bonds. The van der Waals surface area contributed by atoms with Gasteiger partial charge in [0.2, 0.25) is 0 Å². The molecular weight excluding hydrogens is 232 g/mol. The van der Waals surface area contributed by atoms with Crippen LogP contribution in [0.3, 0.4) is 0 Å². The van der Waals surface area contributed by atoms with E-state index in [-0.39, 0.29) is 0 Å². The minimum atomic E-state index is 0.411. The quantitative estimate of drug-likeness (QED) is 0.779. The van der Waals surface area contributed by atoms with Crippen molar-refractivity contribution in [2.45, 2.75) is 11.8 Å². The van der Waals surface area contributed by atoms with Crippen LogP contribution in [-0.4, -0.2) is 23.3 Å². The van der Waals surface area contributed by atoms with Crippen molar-refractivity contribution < 1.29 is 4.74 Å². The van der Waals surface area contributed by atoms with E-state index in [9.17, 15) is 0 Å². The lowest BCUT2D eigenvalue weighted by Crippen LogP contribution is -1.95. The van der Waals surface area contributed by atoms with Crippen molar-refractivity contribution in [3.63, 3.8) is 0 Å². The topological polar surface area (TPSA) is 35.0 Å². The van der Waals surface area contributed by atoms with Crippen LogP contribution in [0.5, 0.6) is 6.01 Å². The van der Waals surface area contributed by atoms with Gasteiger partial charge in [0, 0.05) is 16.2 Å². The minimum absolute atomic E-state index is 0.411. The van der Waals surface area contributed by atoms with E-state index in [1.54, 1.807) is 18.9 Å². The van der Waals surface area contributed by atoms with Gasteiger partial charge in [0.15, 0.2) is 0 Å². The Labute approximate surface area is 105 Å². The second-order valence-electron chi connectivity index (χ2n) is 3.61. The van der Waals surface area contributed by atoms with Gasteiger partial charge >= 0.3 is 6.01 Å². The average molecular weight is 246 g/mol. The van der Waals surface area contributed by atoms with Crippen molar-refractivity contribution in [3.05, 3.63) is 36.0 Å². The van der Waals surface area contributed by atoms with E-state index >= 15 is 0 Å². The van der Waals surface area contributed by atoms with Crippen molar-refractivity contribution in [1.82, 2.24) is 9.97 Å². The largest absolute Gasteiger partial charge is 0.467 e. The number of ether oxygens (including phenoxy) is 1. The molecule has 0 atom stereocenters. The second kappa shape index (κ2) is 5.19. The number of aromatic nitrogens is 2. The lowest BCUT2D eigenvalue weighted by molar-refractivity contribution is 0.379. The highest BCUT2D eigenvalue weighted by Gasteiger charge is 2.04. The average Bonchev–Trinajstić information content (AvgIpc) is 2.38. The number of thioether (sulfide) groups is 1. The number of nitrogens with zero attached hydrogens (tertiary/aromatic N) is 2. The molecule has 0 saturated carbocycles. The Balaban J connectivity index is 2.41. The van der Waals surface area contributed by atoms with Gasteiger partial charge in [-0.2, -0.15) is 4.98 Å². The molecule has 0 unspecified atom stereocenters. The monoisotopic (exact) mass is 246 g/mol. The molecule has 0 aliphatic heterocycles. The van der Waals surface area contributed by atoms with Crippen LogP contribution in [-0.2, 0) is 0 Å². The molecule has 88 valence electrons. The summed E-state index contributed by atoms with van der Waals surface area (Å²) in [5, 5.41) is 0. The highest BCUT2D eigenvalue weighted by Crippen LogP contribution is 2.23. The summed E-state index contributed by atoms with van der Waals surface area (Å²) in [5.41, 5.74) is 2.87. The number of methoxy groups -OCH3 is 1. The Hall–Kier alpha value is -1.55. The third-order valence-electron chi connectivity index (χ3n) is 2.40. The van der Waals surface area contributed by atoms with Crippen molar-refractivity contribution in [3.8, 4) is 17.3 Å². The molecule has 1 heterocycles. The molecule has 4 heteroatoms. The van der Waals surface area contributed by atoms with E-state index in [0.29, 0.717) is 6.01 Å². The third kappa shape index (κ3) is 2.77.